The topological polar surface area (TPSA) is 37.3 Å². The number of carboxylic acids is 1. The molecule has 1 N–H and O–H groups in total. The Kier molecular flexibility index (Phi) is 13.6. The van der Waals surface area contributed by atoms with Gasteiger partial charge in [0.1, 0.15) is 0 Å². The first kappa shape index (κ1) is 17.2. The molecule has 0 atom stereocenters. The van der Waals surface area contributed by atoms with E-state index in [9.17, 15) is 4.79 Å². The number of hydrogen-bond donors (Lipinski definition) is 1. The van der Waals surface area contributed by atoms with Crippen LogP contribution in [-0.4, -0.2) is 11.1 Å². The van der Waals surface area contributed by atoms with Crippen molar-refractivity contribution < 1.29 is 9.90 Å². The van der Waals surface area contributed by atoms with Crippen molar-refractivity contribution in [3.63, 3.8) is 0 Å². The fourth-order valence-electron chi connectivity index (χ4n) is 2.00. The monoisotopic (exact) mass is 254 g/mol. The van der Waals surface area contributed by atoms with Crippen molar-refractivity contribution in [2.45, 2.75) is 84.0 Å². The van der Waals surface area contributed by atoms with Crippen LogP contribution in [0.25, 0.3) is 0 Å². The molecule has 0 aromatic rings. The van der Waals surface area contributed by atoms with Gasteiger partial charge in [0.15, 0.2) is 0 Å². The lowest BCUT2D eigenvalue weighted by molar-refractivity contribution is -0.137. The quantitative estimate of drug-likeness (QED) is 0.446. The lowest BCUT2D eigenvalue weighted by Gasteiger charge is -1.99. The van der Waals surface area contributed by atoms with Gasteiger partial charge >= 0.3 is 5.97 Å². The number of allylic oxidation sites excluding steroid dienone is 2. The number of hydrogen-bond acceptors (Lipinski definition) is 1. The molecule has 1 rings (SSSR count). The number of carboxylic acid groups (broad SMARTS) is 1. The maximum Gasteiger partial charge on any atom is 0.303 e. The van der Waals surface area contributed by atoms with E-state index in [1.54, 1.807) is 0 Å². The van der Waals surface area contributed by atoms with Crippen LogP contribution >= 0.6 is 0 Å². The van der Waals surface area contributed by atoms with E-state index >= 15 is 0 Å². The molecule has 0 aromatic carbocycles. The van der Waals surface area contributed by atoms with Gasteiger partial charge in [0, 0.05) is 6.42 Å². The summed E-state index contributed by atoms with van der Waals surface area (Å²) in [7, 11) is 0. The standard InChI is InChI=1S/C11H22O2.C5H8/c1-2-3-4-5-6-7-8-9-10-11(12)13;1-2-4-5-3-1/h2-10H2,1H3,(H,12,13);1-2H,3-5H2. The van der Waals surface area contributed by atoms with Crippen LogP contribution in [0.5, 0.6) is 0 Å². The Bertz CT molecular complexity index is 203. The zero-order valence-corrected chi connectivity index (χ0v) is 12.0. The van der Waals surface area contributed by atoms with E-state index in [0.717, 1.165) is 12.8 Å². The molecule has 0 saturated carbocycles. The molecule has 0 spiro atoms. The van der Waals surface area contributed by atoms with Crippen molar-refractivity contribution >= 4 is 5.97 Å². The molecule has 0 amide bonds. The first-order chi connectivity index (χ1) is 8.77. The normalized spacial score (nSPS) is 13.2. The third-order valence-electron chi connectivity index (χ3n) is 3.15. The summed E-state index contributed by atoms with van der Waals surface area (Å²) in [6, 6.07) is 0. The molecule has 106 valence electrons. The molecule has 0 bridgehead atoms. The van der Waals surface area contributed by atoms with Gasteiger partial charge in [-0.3, -0.25) is 4.79 Å². The van der Waals surface area contributed by atoms with E-state index in [4.69, 9.17) is 5.11 Å². The Morgan fingerprint density at radius 3 is 1.83 bits per heavy atom. The predicted molar refractivity (Wildman–Crippen MR) is 77.9 cm³/mol. The molecule has 1 aliphatic rings. The molecular formula is C16H30O2. The van der Waals surface area contributed by atoms with E-state index in [0.29, 0.717) is 6.42 Å². The van der Waals surface area contributed by atoms with Crippen molar-refractivity contribution in [2.24, 2.45) is 0 Å². The van der Waals surface area contributed by atoms with Gasteiger partial charge in [-0.15, -0.1) is 0 Å². The molecule has 0 aromatic heterocycles. The van der Waals surface area contributed by atoms with Gasteiger partial charge in [0.05, 0.1) is 0 Å². The van der Waals surface area contributed by atoms with Crippen LogP contribution < -0.4 is 0 Å². The van der Waals surface area contributed by atoms with Crippen LogP contribution in [0.1, 0.15) is 84.0 Å². The highest BCUT2D eigenvalue weighted by Gasteiger charge is 1.96. The van der Waals surface area contributed by atoms with Crippen LogP contribution in [0.4, 0.5) is 0 Å². The van der Waals surface area contributed by atoms with E-state index in [-0.39, 0.29) is 0 Å². The van der Waals surface area contributed by atoms with Gasteiger partial charge < -0.3 is 5.11 Å². The summed E-state index contributed by atoms with van der Waals surface area (Å²) in [4.78, 5) is 10.2. The van der Waals surface area contributed by atoms with Gasteiger partial charge in [0.2, 0.25) is 0 Å². The van der Waals surface area contributed by atoms with Crippen molar-refractivity contribution in [3.8, 4) is 0 Å². The zero-order chi connectivity index (χ0) is 13.5. The minimum Gasteiger partial charge on any atom is -0.481 e. The fraction of sp³-hybridized carbons (Fsp3) is 0.812. The highest BCUT2D eigenvalue weighted by atomic mass is 16.4. The Hall–Kier alpha value is -0.790. The molecule has 0 heterocycles. The number of carbonyl (C=O) groups is 1. The maximum atomic E-state index is 10.2. The second-order valence-electron chi connectivity index (χ2n) is 5.02. The van der Waals surface area contributed by atoms with E-state index in [1.165, 1.54) is 57.8 Å². The highest BCUT2D eigenvalue weighted by Crippen LogP contribution is 2.09. The van der Waals surface area contributed by atoms with Crippen molar-refractivity contribution in [2.75, 3.05) is 0 Å². The smallest absolute Gasteiger partial charge is 0.303 e. The molecule has 0 fully saturated rings. The van der Waals surface area contributed by atoms with Crippen LogP contribution in [0.15, 0.2) is 12.2 Å². The Balaban J connectivity index is 0.000000473. The number of aliphatic carboxylic acids is 1. The predicted octanol–water partition coefficient (Wildman–Crippen LogP) is 5.33. The summed E-state index contributed by atoms with van der Waals surface area (Å²) >= 11 is 0. The molecule has 1 aliphatic carbocycles. The van der Waals surface area contributed by atoms with E-state index in [2.05, 4.69) is 19.1 Å². The first-order valence-corrected chi connectivity index (χ1v) is 7.64. The minimum absolute atomic E-state index is 0.342. The van der Waals surface area contributed by atoms with Gasteiger partial charge in [-0.25, -0.2) is 0 Å². The Morgan fingerprint density at radius 2 is 1.44 bits per heavy atom. The second-order valence-corrected chi connectivity index (χ2v) is 5.02. The molecule has 2 heteroatoms. The van der Waals surface area contributed by atoms with Crippen molar-refractivity contribution in [1.82, 2.24) is 0 Å². The van der Waals surface area contributed by atoms with E-state index < -0.39 is 5.97 Å². The maximum absolute atomic E-state index is 10.2. The third-order valence-corrected chi connectivity index (χ3v) is 3.15. The molecule has 0 radical (unpaired) electrons. The molecule has 18 heavy (non-hydrogen) atoms. The minimum atomic E-state index is -0.661. The first-order valence-electron chi connectivity index (χ1n) is 7.64. The van der Waals surface area contributed by atoms with Gasteiger partial charge in [0.25, 0.3) is 0 Å². The Morgan fingerprint density at radius 1 is 0.944 bits per heavy atom. The summed E-state index contributed by atoms with van der Waals surface area (Å²) in [5.41, 5.74) is 0. The van der Waals surface area contributed by atoms with Gasteiger partial charge in [-0.05, 0) is 25.7 Å². The Labute approximate surface area is 112 Å². The van der Waals surface area contributed by atoms with Gasteiger partial charge in [-0.1, -0.05) is 64.0 Å². The SMILES string of the molecule is C1=CCCC1.CCCCCCCCCCC(=O)O. The molecule has 0 unspecified atom stereocenters. The summed E-state index contributed by atoms with van der Waals surface area (Å²) in [6.07, 6.45) is 18.6. The van der Waals surface area contributed by atoms with Crippen molar-refractivity contribution in [1.29, 1.82) is 0 Å². The van der Waals surface area contributed by atoms with Crippen LogP contribution in [-0.2, 0) is 4.79 Å². The summed E-state index contributed by atoms with van der Waals surface area (Å²) in [6.45, 7) is 2.22. The van der Waals surface area contributed by atoms with Crippen LogP contribution in [0.2, 0.25) is 0 Å². The molecule has 0 saturated heterocycles. The molecule has 2 nitrogen and oxygen atoms in total. The molecule has 0 aliphatic heterocycles. The number of unbranched alkanes of at least 4 members (excludes halogenated alkanes) is 7. The fourth-order valence-corrected chi connectivity index (χ4v) is 2.00. The van der Waals surface area contributed by atoms with Crippen LogP contribution in [0.3, 0.4) is 0 Å². The summed E-state index contributed by atoms with van der Waals surface area (Å²) < 4.78 is 0. The highest BCUT2D eigenvalue weighted by molar-refractivity contribution is 5.66. The molecular weight excluding hydrogens is 224 g/mol. The van der Waals surface area contributed by atoms with Crippen molar-refractivity contribution in [3.05, 3.63) is 12.2 Å². The zero-order valence-electron chi connectivity index (χ0n) is 12.0. The average molecular weight is 254 g/mol. The lowest BCUT2D eigenvalue weighted by Crippen LogP contribution is -1.93. The lowest BCUT2D eigenvalue weighted by atomic mass is 10.1. The second kappa shape index (κ2) is 14.3. The average Bonchev–Trinajstić information content (AvgIpc) is 2.91. The summed E-state index contributed by atoms with van der Waals surface area (Å²) in [5.74, 6) is -0.661. The third kappa shape index (κ3) is 15.2. The number of rotatable bonds is 9. The largest absolute Gasteiger partial charge is 0.481 e. The van der Waals surface area contributed by atoms with Crippen LogP contribution in [0, 0.1) is 0 Å². The van der Waals surface area contributed by atoms with Gasteiger partial charge in [-0.2, -0.15) is 0 Å². The van der Waals surface area contributed by atoms with E-state index in [1.807, 2.05) is 0 Å². The summed E-state index contributed by atoms with van der Waals surface area (Å²) in [5, 5.41) is 8.39.